The maximum absolute atomic E-state index is 11.0. The number of benzene rings is 1. The van der Waals surface area contributed by atoms with E-state index in [2.05, 4.69) is 9.72 Å². The van der Waals surface area contributed by atoms with Crippen LogP contribution in [0.5, 0.6) is 0 Å². The molecule has 3 nitrogen and oxygen atoms in total. The van der Waals surface area contributed by atoms with E-state index in [1.807, 2.05) is 24.3 Å². The molecule has 1 heterocycles. The van der Waals surface area contributed by atoms with Crippen LogP contribution < -0.4 is 0 Å². The lowest BCUT2D eigenvalue weighted by Gasteiger charge is -1.94. The van der Waals surface area contributed by atoms with E-state index in [0.29, 0.717) is 12.8 Å². The van der Waals surface area contributed by atoms with E-state index in [-0.39, 0.29) is 5.97 Å². The van der Waals surface area contributed by atoms with Gasteiger partial charge in [0.25, 0.3) is 0 Å². The van der Waals surface area contributed by atoms with E-state index in [1.54, 1.807) is 11.3 Å². The van der Waals surface area contributed by atoms with Gasteiger partial charge in [-0.1, -0.05) is 12.1 Å². The summed E-state index contributed by atoms with van der Waals surface area (Å²) in [6.07, 6.45) is 1.06. The van der Waals surface area contributed by atoms with Gasteiger partial charge in [-0.2, -0.15) is 0 Å². The number of para-hydroxylation sites is 1. The number of hydrogen-bond acceptors (Lipinski definition) is 4. The van der Waals surface area contributed by atoms with E-state index in [0.717, 1.165) is 15.2 Å². The Kier molecular flexibility index (Phi) is 2.97. The Bertz CT molecular complexity index is 445. The molecule has 0 amide bonds. The Balaban J connectivity index is 2.12. The molecule has 0 saturated heterocycles. The van der Waals surface area contributed by atoms with Crippen molar-refractivity contribution in [2.45, 2.75) is 12.8 Å². The molecule has 0 aliphatic carbocycles. The summed E-state index contributed by atoms with van der Waals surface area (Å²) in [7, 11) is 1.40. The second-order valence-electron chi connectivity index (χ2n) is 3.15. The summed E-state index contributed by atoms with van der Waals surface area (Å²) in [5.74, 6) is -0.186. The zero-order valence-electron chi connectivity index (χ0n) is 8.40. The fourth-order valence-corrected chi connectivity index (χ4v) is 2.30. The van der Waals surface area contributed by atoms with E-state index in [9.17, 15) is 4.79 Å². The summed E-state index contributed by atoms with van der Waals surface area (Å²) < 4.78 is 5.75. The number of carbonyl (C=O) groups excluding carboxylic acids is 1. The number of thiazole rings is 1. The quantitative estimate of drug-likeness (QED) is 0.747. The normalized spacial score (nSPS) is 10.5. The van der Waals surface area contributed by atoms with Gasteiger partial charge in [0.2, 0.25) is 0 Å². The molecule has 0 fully saturated rings. The van der Waals surface area contributed by atoms with E-state index in [1.165, 1.54) is 7.11 Å². The predicted molar refractivity (Wildman–Crippen MR) is 60.0 cm³/mol. The van der Waals surface area contributed by atoms with Gasteiger partial charge in [-0.05, 0) is 12.1 Å². The molecule has 78 valence electrons. The van der Waals surface area contributed by atoms with Crippen LogP contribution in [0.1, 0.15) is 11.4 Å². The van der Waals surface area contributed by atoms with Crippen molar-refractivity contribution in [1.82, 2.24) is 4.98 Å². The third-order valence-electron chi connectivity index (χ3n) is 2.11. The summed E-state index contributed by atoms with van der Waals surface area (Å²) in [6, 6.07) is 7.97. The highest BCUT2D eigenvalue weighted by atomic mass is 32.1. The van der Waals surface area contributed by atoms with Gasteiger partial charge in [-0.3, -0.25) is 4.79 Å². The first kappa shape index (κ1) is 10.1. The van der Waals surface area contributed by atoms with Crippen molar-refractivity contribution in [2.75, 3.05) is 7.11 Å². The number of aromatic nitrogens is 1. The zero-order valence-corrected chi connectivity index (χ0v) is 9.21. The van der Waals surface area contributed by atoms with Crippen LogP contribution in [-0.4, -0.2) is 18.1 Å². The van der Waals surface area contributed by atoms with Crippen LogP contribution >= 0.6 is 11.3 Å². The summed E-state index contributed by atoms with van der Waals surface area (Å²) >= 11 is 1.63. The van der Waals surface area contributed by atoms with Gasteiger partial charge in [0.1, 0.15) is 0 Å². The minimum absolute atomic E-state index is 0.186. The number of carbonyl (C=O) groups is 1. The first-order valence-electron chi connectivity index (χ1n) is 4.71. The molecule has 1 aromatic heterocycles. The van der Waals surface area contributed by atoms with Crippen LogP contribution in [0.25, 0.3) is 10.2 Å². The van der Waals surface area contributed by atoms with Gasteiger partial charge in [-0.25, -0.2) is 4.98 Å². The zero-order chi connectivity index (χ0) is 10.7. The number of rotatable bonds is 3. The molecule has 0 radical (unpaired) electrons. The monoisotopic (exact) mass is 221 g/mol. The fourth-order valence-electron chi connectivity index (χ4n) is 1.34. The molecule has 2 aromatic rings. The molecule has 0 aliphatic heterocycles. The van der Waals surface area contributed by atoms with Gasteiger partial charge in [-0.15, -0.1) is 11.3 Å². The molecule has 0 aliphatic rings. The maximum Gasteiger partial charge on any atom is 0.305 e. The van der Waals surface area contributed by atoms with Crippen molar-refractivity contribution in [3.05, 3.63) is 29.3 Å². The molecule has 15 heavy (non-hydrogen) atoms. The van der Waals surface area contributed by atoms with Crippen LogP contribution in [0.4, 0.5) is 0 Å². The lowest BCUT2D eigenvalue weighted by atomic mass is 10.3. The molecule has 0 atom stereocenters. The molecule has 1 aromatic carbocycles. The molecular weight excluding hydrogens is 210 g/mol. The Morgan fingerprint density at radius 3 is 3.00 bits per heavy atom. The largest absolute Gasteiger partial charge is 0.469 e. The Labute approximate surface area is 91.7 Å². The third-order valence-corrected chi connectivity index (χ3v) is 3.21. The first-order chi connectivity index (χ1) is 7.29. The number of ether oxygens (including phenoxy) is 1. The van der Waals surface area contributed by atoms with Crippen LogP contribution in [0, 0.1) is 0 Å². The Morgan fingerprint density at radius 2 is 2.27 bits per heavy atom. The minimum atomic E-state index is -0.186. The molecule has 0 spiro atoms. The van der Waals surface area contributed by atoms with Crippen molar-refractivity contribution in [3.63, 3.8) is 0 Å². The van der Waals surface area contributed by atoms with Gasteiger partial charge < -0.3 is 4.74 Å². The first-order valence-corrected chi connectivity index (χ1v) is 5.52. The molecule has 2 rings (SSSR count). The summed E-state index contributed by atoms with van der Waals surface area (Å²) in [5, 5.41) is 0.988. The van der Waals surface area contributed by atoms with E-state index >= 15 is 0 Å². The molecule has 0 bridgehead atoms. The molecule has 0 saturated carbocycles. The number of nitrogens with zero attached hydrogens (tertiary/aromatic N) is 1. The molecule has 0 N–H and O–H groups in total. The summed E-state index contributed by atoms with van der Waals surface area (Å²) in [6.45, 7) is 0. The highest BCUT2D eigenvalue weighted by Gasteiger charge is 2.06. The number of hydrogen-bond donors (Lipinski definition) is 0. The number of aryl methyl sites for hydroxylation is 1. The van der Waals surface area contributed by atoms with Crippen LogP contribution in [-0.2, 0) is 16.0 Å². The number of methoxy groups -OCH3 is 1. The number of esters is 1. The third kappa shape index (κ3) is 2.33. The molecule has 0 unspecified atom stereocenters. The highest BCUT2D eigenvalue weighted by Crippen LogP contribution is 2.22. The van der Waals surface area contributed by atoms with E-state index in [4.69, 9.17) is 0 Å². The van der Waals surface area contributed by atoms with Crippen molar-refractivity contribution in [2.24, 2.45) is 0 Å². The van der Waals surface area contributed by atoms with Crippen LogP contribution in [0.15, 0.2) is 24.3 Å². The van der Waals surface area contributed by atoms with E-state index < -0.39 is 0 Å². The standard InChI is InChI=1S/C11H11NO2S/c1-14-11(13)7-6-10-12-8-4-2-3-5-9(8)15-10/h2-5H,6-7H2,1H3. The number of fused-ring (bicyclic) bond motifs is 1. The Morgan fingerprint density at radius 1 is 1.47 bits per heavy atom. The van der Waals surface area contributed by atoms with Gasteiger partial charge in [0, 0.05) is 6.42 Å². The van der Waals surface area contributed by atoms with Crippen molar-refractivity contribution in [1.29, 1.82) is 0 Å². The average Bonchev–Trinajstić information content (AvgIpc) is 2.68. The minimum Gasteiger partial charge on any atom is -0.469 e. The predicted octanol–water partition coefficient (Wildman–Crippen LogP) is 2.40. The molecular formula is C11H11NO2S. The maximum atomic E-state index is 11.0. The Hall–Kier alpha value is -1.42. The van der Waals surface area contributed by atoms with Crippen molar-refractivity contribution >= 4 is 27.5 Å². The molecule has 4 heteroatoms. The topological polar surface area (TPSA) is 39.2 Å². The van der Waals surface area contributed by atoms with Crippen molar-refractivity contribution in [3.8, 4) is 0 Å². The lowest BCUT2D eigenvalue weighted by molar-refractivity contribution is -0.140. The van der Waals surface area contributed by atoms with Crippen LogP contribution in [0.3, 0.4) is 0 Å². The summed E-state index contributed by atoms with van der Waals surface area (Å²) in [5.41, 5.74) is 1.00. The summed E-state index contributed by atoms with van der Waals surface area (Å²) in [4.78, 5) is 15.4. The van der Waals surface area contributed by atoms with Gasteiger partial charge in [0.05, 0.1) is 28.8 Å². The second-order valence-corrected chi connectivity index (χ2v) is 4.27. The second kappa shape index (κ2) is 4.40. The van der Waals surface area contributed by atoms with Crippen LogP contribution in [0.2, 0.25) is 0 Å². The highest BCUT2D eigenvalue weighted by molar-refractivity contribution is 7.18. The smallest absolute Gasteiger partial charge is 0.305 e. The van der Waals surface area contributed by atoms with Gasteiger partial charge in [0.15, 0.2) is 0 Å². The van der Waals surface area contributed by atoms with Gasteiger partial charge >= 0.3 is 5.97 Å². The van der Waals surface area contributed by atoms with Crippen molar-refractivity contribution < 1.29 is 9.53 Å². The SMILES string of the molecule is COC(=O)CCc1nc2ccccc2s1. The fraction of sp³-hybridized carbons (Fsp3) is 0.273. The lowest BCUT2D eigenvalue weighted by Crippen LogP contribution is -2.01. The average molecular weight is 221 g/mol.